The number of fused-ring (bicyclic) bond motifs is 1. The number of esters is 1. The van der Waals surface area contributed by atoms with Crippen LogP contribution >= 0.6 is 11.3 Å². The van der Waals surface area contributed by atoms with Crippen molar-refractivity contribution in [3.8, 4) is 0 Å². The molecule has 2 N–H and O–H groups in total. The molecule has 3 fully saturated rings. The molecule has 46 heavy (non-hydrogen) atoms. The minimum Gasteiger partial charge on any atom is -0.465 e. The van der Waals surface area contributed by atoms with Gasteiger partial charge >= 0.3 is 12.1 Å². The van der Waals surface area contributed by atoms with Gasteiger partial charge in [0.1, 0.15) is 23.2 Å². The summed E-state index contributed by atoms with van der Waals surface area (Å²) in [4.78, 5) is 54.8. The van der Waals surface area contributed by atoms with Crippen LogP contribution in [-0.2, 0) is 19.1 Å². The van der Waals surface area contributed by atoms with Gasteiger partial charge in [-0.25, -0.2) is 14.0 Å². The Kier molecular flexibility index (Phi) is 10.9. The third kappa shape index (κ3) is 8.01. The van der Waals surface area contributed by atoms with E-state index in [-0.39, 0.29) is 29.6 Å². The van der Waals surface area contributed by atoms with Crippen LogP contribution in [0.5, 0.6) is 0 Å². The van der Waals surface area contributed by atoms with Crippen LogP contribution in [0.4, 0.5) is 14.9 Å². The summed E-state index contributed by atoms with van der Waals surface area (Å²) in [6, 6.07) is 6.15. The normalized spacial score (nSPS) is 24.8. The van der Waals surface area contributed by atoms with Gasteiger partial charge in [-0.3, -0.25) is 9.59 Å². The number of hydrogen-bond acceptors (Lipinski definition) is 7. The summed E-state index contributed by atoms with van der Waals surface area (Å²) < 4.78 is 25.1. The first-order valence-corrected chi connectivity index (χ1v) is 17.6. The third-order valence-corrected chi connectivity index (χ3v) is 11.1. The summed E-state index contributed by atoms with van der Waals surface area (Å²) in [6.07, 6.45) is 8.26. The lowest BCUT2D eigenvalue weighted by Gasteiger charge is -2.37. The molecule has 2 saturated carbocycles. The number of likely N-dealkylation sites (tertiary alicyclic amines) is 1. The summed E-state index contributed by atoms with van der Waals surface area (Å²) in [5.41, 5.74) is -0.0445. The molecule has 1 saturated heterocycles. The Balaban J connectivity index is 1.27. The molecule has 11 heteroatoms. The molecule has 5 rings (SSSR count). The standard InChI is InChI=1S/C35H48FN3O6S/c1-35(2,3)45-34(43)38-27(20-36)22-10-12-23(13-11-22)32(41)39-17-16-26(21-8-6-5-7-9-21)30(39)31(40)37-25-14-15-28-24(18-25)19-29(46-28)33(42)44-4/h14-15,18-19,21-23,26-27,30H,5-13,16-17,20H2,1-4H3,(H,37,40)(H,38,43)/t22?,23?,26-,27+,30-/m0/s1. The van der Waals surface area contributed by atoms with Crippen molar-refractivity contribution < 1.29 is 33.0 Å². The maximum Gasteiger partial charge on any atom is 0.407 e. The van der Waals surface area contributed by atoms with Crippen molar-refractivity contribution in [3.05, 3.63) is 29.1 Å². The number of ether oxygens (including phenoxy) is 2. The van der Waals surface area contributed by atoms with E-state index in [1.54, 1.807) is 26.8 Å². The number of benzene rings is 1. The van der Waals surface area contributed by atoms with E-state index in [2.05, 4.69) is 10.6 Å². The summed E-state index contributed by atoms with van der Waals surface area (Å²) in [5.74, 6) is -0.370. The molecular formula is C35H48FN3O6S. The molecule has 1 aromatic carbocycles. The highest BCUT2D eigenvalue weighted by Crippen LogP contribution is 2.41. The minimum absolute atomic E-state index is 0.00446. The molecule has 3 atom stereocenters. The van der Waals surface area contributed by atoms with Gasteiger partial charge in [0.15, 0.2) is 0 Å². The van der Waals surface area contributed by atoms with Gasteiger partial charge in [0.2, 0.25) is 11.8 Å². The Hall–Kier alpha value is -3.21. The second kappa shape index (κ2) is 14.7. The SMILES string of the molecule is COC(=O)c1cc2cc(NC(=O)[C@@H]3[C@H](C4CCCCC4)CCN3C(=O)C3CCC([C@@H](CF)NC(=O)OC(C)(C)C)CC3)ccc2s1. The number of carbonyl (C=O) groups is 4. The Morgan fingerprint density at radius 2 is 1.72 bits per heavy atom. The van der Waals surface area contributed by atoms with Gasteiger partial charge in [0.25, 0.3) is 0 Å². The van der Waals surface area contributed by atoms with Crippen LogP contribution in [0.2, 0.25) is 0 Å². The highest BCUT2D eigenvalue weighted by Gasteiger charge is 2.47. The van der Waals surface area contributed by atoms with Crippen LogP contribution in [-0.4, -0.2) is 66.8 Å². The highest BCUT2D eigenvalue weighted by molar-refractivity contribution is 7.20. The fourth-order valence-electron chi connectivity index (χ4n) is 7.74. The zero-order valence-corrected chi connectivity index (χ0v) is 28.3. The molecule has 9 nitrogen and oxygen atoms in total. The van der Waals surface area contributed by atoms with Crippen LogP contribution in [0.15, 0.2) is 24.3 Å². The first kappa shape index (κ1) is 34.1. The van der Waals surface area contributed by atoms with Gasteiger partial charge in [-0.05, 0) is 100 Å². The molecule has 1 aliphatic heterocycles. The van der Waals surface area contributed by atoms with Crippen molar-refractivity contribution in [2.45, 2.75) is 103 Å². The molecule has 0 bridgehead atoms. The van der Waals surface area contributed by atoms with Crippen LogP contribution in [0.1, 0.15) is 94.7 Å². The van der Waals surface area contributed by atoms with E-state index in [0.717, 1.165) is 42.2 Å². The number of nitrogens with zero attached hydrogens (tertiary/aromatic N) is 1. The first-order valence-electron chi connectivity index (χ1n) is 16.8. The molecule has 2 aromatic rings. The van der Waals surface area contributed by atoms with Crippen molar-refractivity contribution >= 4 is 51.0 Å². The van der Waals surface area contributed by atoms with Crippen molar-refractivity contribution in [1.82, 2.24) is 10.2 Å². The fraction of sp³-hybridized carbons (Fsp3) is 0.657. The van der Waals surface area contributed by atoms with Gasteiger partial charge in [0, 0.05) is 22.8 Å². The summed E-state index contributed by atoms with van der Waals surface area (Å²) in [7, 11) is 1.35. The number of carbonyl (C=O) groups excluding carboxylic acids is 4. The second-order valence-electron chi connectivity index (χ2n) is 14.2. The van der Waals surface area contributed by atoms with E-state index in [1.807, 2.05) is 23.1 Å². The van der Waals surface area contributed by atoms with Crippen molar-refractivity contribution in [2.75, 3.05) is 25.6 Å². The maximum absolute atomic E-state index is 14.1. The Morgan fingerprint density at radius 3 is 2.37 bits per heavy atom. The number of alkyl carbamates (subject to hydrolysis) is 1. The maximum atomic E-state index is 14.1. The van der Waals surface area contributed by atoms with E-state index in [4.69, 9.17) is 9.47 Å². The van der Waals surface area contributed by atoms with Crippen molar-refractivity contribution in [2.24, 2.45) is 23.7 Å². The molecule has 0 radical (unpaired) electrons. The van der Waals surface area contributed by atoms with E-state index < -0.39 is 36.4 Å². The number of methoxy groups -OCH3 is 1. The molecule has 252 valence electrons. The van der Waals surface area contributed by atoms with Crippen LogP contribution in [0, 0.1) is 23.7 Å². The van der Waals surface area contributed by atoms with Gasteiger partial charge in [-0.15, -0.1) is 11.3 Å². The quantitative estimate of drug-likeness (QED) is 0.293. The van der Waals surface area contributed by atoms with Crippen LogP contribution in [0.3, 0.4) is 0 Å². The third-order valence-electron chi connectivity index (χ3n) is 9.98. The lowest BCUT2D eigenvalue weighted by molar-refractivity contribution is -0.142. The van der Waals surface area contributed by atoms with Gasteiger partial charge in [0.05, 0.1) is 13.2 Å². The molecule has 3 amide bonds. The van der Waals surface area contributed by atoms with E-state index in [1.165, 1.54) is 24.9 Å². The fourth-order valence-corrected chi connectivity index (χ4v) is 8.70. The number of anilines is 1. The predicted octanol–water partition coefficient (Wildman–Crippen LogP) is 7.09. The molecule has 0 spiro atoms. The van der Waals surface area contributed by atoms with Crippen molar-refractivity contribution in [3.63, 3.8) is 0 Å². The zero-order chi connectivity index (χ0) is 33.0. The molecule has 3 aliphatic rings. The van der Waals surface area contributed by atoms with Gasteiger partial charge in [-0.1, -0.05) is 32.1 Å². The molecule has 2 aliphatic carbocycles. The molecule has 0 unspecified atom stereocenters. The average Bonchev–Trinajstić information content (AvgIpc) is 3.67. The topological polar surface area (TPSA) is 114 Å². The average molecular weight is 658 g/mol. The van der Waals surface area contributed by atoms with Gasteiger partial charge < -0.3 is 25.0 Å². The lowest BCUT2D eigenvalue weighted by atomic mass is 9.76. The Morgan fingerprint density at radius 1 is 1.00 bits per heavy atom. The monoisotopic (exact) mass is 657 g/mol. The number of rotatable bonds is 8. The summed E-state index contributed by atoms with van der Waals surface area (Å²) >= 11 is 1.34. The second-order valence-corrected chi connectivity index (χ2v) is 15.3. The van der Waals surface area contributed by atoms with E-state index in [0.29, 0.717) is 48.7 Å². The van der Waals surface area contributed by atoms with Crippen LogP contribution < -0.4 is 10.6 Å². The minimum atomic E-state index is -0.693. The zero-order valence-electron chi connectivity index (χ0n) is 27.4. The predicted molar refractivity (Wildman–Crippen MR) is 177 cm³/mol. The molecule has 1 aromatic heterocycles. The Bertz CT molecular complexity index is 1410. The number of hydrogen-bond donors (Lipinski definition) is 2. The molecule has 2 heterocycles. The number of halogens is 1. The Labute approximate surface area is 274 Å². The lowest BCUT2D eigenvalue weighted by Crippen LogP contribution is -2.50. The molecular weight excluding hydrogens is 609 g/mol. The van der Waals surface area contributed by atoms with E-state index >= 15 is 0 Å². The number of amides is 3. The summed E-state index contributed by atoms with van der Waals surface area (Å²) in [6.45, 7) is 5.16. The highest BCUT2D eigenvalue weighted by atomic mass is 32.1. The van der Waals surface area contributed by atoms with Crippen molar-refractivity contribution in [1.29, 1.82) is 0 Å². The summed E-state index contributed by atoms with van der Waals surface area (Å²) in [5, 5.41) is 6.65. The number of alkyl halides is 1. The van der Waals surface area contributed by atoms with Gasteiger partial charge in [-0.2, -0.15) is 0 Å². The number of thiophene rings is 1. The van der Waals surface area contributed by atoms with E-state index in [9.17, 15) is 23.6 Å². The smallest absolute Gasteiger partial charge is 0.407 e. The van der Waals surface area contributed by atoms with Crippen LogP contribution in [0.25, 0.3) is 10.1 Å². The largest absolute Gasteiger partial charge is 0.465 e. The first-order chi connectivity index (χ1) is 22.0. The number of nitrogens with one attached hydrogen (secondary N) is 2.